The number of ether oxygens (including phenoxy) is 1. The van der Waals surface area contributed by atoms with Gasteiger partial charge in [0.15, 0.2) is 0 Å². The monoisotopic (exact) mass is 375 g/mol. The number of fused-ring (bicyclic) bond motifs is 2. The van der Waals surface area contributed by atoms with Crippen LogP contribution < -0.4 is 4.74 Å². The number of aromatic nitrogens is 4. The Kier molecular flexibility index (Phi) is 4.27. The summed E-state index contributed by atoms with van der Waals surface area (Å²) in [7, 11) is 0. The van der Waals surface area contributed by atoms with Crippen molar-refractivity contribution in [3.05, 3.63) is 66.6 Å². The van der Waals surface area contributed by atoms with Crippen LogP contribution in [0.5, 0.6) is 11.6 Å². The molecule has 2 aliphatic rings. The smallest absolute Gasteiger partial charge is 0.254 e. The van der Waals surface area contributed by atoms with Crippen molar-refractivity contribution in [1.82, 2.24) is 24.9 Å². The number of hydrogen-bond donors (Lipinski definition) is 0. The van der Waals surface area contributed by atoms with Gasteiger partial charge in [0.1, 0.15) is 5.75 Å². The highest BCUT2D eigenvalue weighted by Crippen LogP contribution is 2.41. The third-order valence-corrected chi connectivity index (χ3v) is 5.65. The van der Waals surface area contributed by atoms with Crippen molar-refractivity contribution < 1.29 is 9.53 Å². The summed E-state index contributed by atoms with van der Waals surface area (Å²) in [5.41, 5.74) is 0.654. The molecule has 7 nitrogen and oxygen atoms in total. The van der Waals surface area contributed by atoms with E-state index < -0.39 is 0 Å². The van der Waals surface area contributed by atoms with E-state index in [-0.39, 0.29) is 24.0 Å². The highest BCUT2D eigenvalue weighted by molar-refractivity contribution is 5.95. The van der Waals surface area contributed by atoms with Gasteiger partial charge in [-0.15, -0.1) is 0 Å². The molecule has 5 rings (SSSR count). The summed E-state index contributed by atoms with van der Waals surface area (Å²) in [6.07, 6.45) is 9.00. The van der Waals surface area contributed by atoms with Crippen molar-refractivity contribution in [3.63, 3.8) is 0 Å². The number of carbonyl (C=O) groups excluding carboxylic acids is 1. The lowest BCUT2D eigenvalue weighted by atomic mass is 9.96. The Morgan fingerprint density at radius 3 is 2.43 bits per heavy atom. The van der Waals surface area contributed by atoms with E-state index in [9.17, 15) is 4.79 Å². The van der Waals surface area contributed by atoms with Crippen LogP contribution in [0.25, 0.3) is 0 Å². The van der Waals surface area contributed by atoms with Gasteiger partial charge in [-0.1, -0.05) is 12.1 Å². The fraction of sp³-hybridized carbons (Fsp3) is 0.333. The van der Waals surface area contributed by atoms with E-state index in [4.69, 9.17) is 4.74 Å². The zero-order valence-corrected chi connectivity index (χ0v) is 15.4. The Bertz CT molecular complexity index is 946. The average Bonchev–Trinajstić information content (AvgIpc) is 3.35. The number of benzene rings is 1. The van der Waals surface area contributed by atoms with Crippen LogP contribution in [0.1, 0.15) is 42.1 Å². The Morgan fingerprint density at radius 1 is 0.929 bits per heavy atom. The third-order valence-electron chi connectivity index (χ3n) is 5.65. The molecule has 28 heavy (non-hydrogen) atoms. The molecule has 2 aromatic heterocycles. The van der Waals surface area contributed by atoms with E-state index in [2.05, 4.69) is 20.1 Å². The van der Waals surface area contributed by atoms with Gasteiger partial charge in [-0.2, -0.15) is 15.0 Å². The van der Waals surface area contributed by atoms with E-state index in [0.29, 0.717) is 17.2 Å². The minimum atomic E-state index is 0.0749. The molecule has 3 aromatic rings. The average molecular weight is 375 g/mol. The van der Waals surface area contributed by atoms with Crippen LogP contribution in [-0.2, 0) is 0 Å². The van der Waals surface area contributed by atoms with Gasteiger partial charge >= 0.3 is 0 Å². The van der Waals surface area contributed by atoms with Gasteiger partial charge in [0.2, 0.25) is 5.88 Å². The fourth-order valence-corrected chi connectivity index (χ4v) is 4.45. The number of carbonyl (C=O) groups is 1. The highest BCUT2D eigenvalue weighted by atomic mass is 16.5. The van der Waals surface area contributed by atoms with Crippen molar-refractivity contribution in [2.45, 2.75) is 43.8 Å². The van der Waals surface area contributed by atoms with E-state index in [1.54, 1.807) is 35.5 Å². The molecule has 0 spiro atoms. The molecule has 2 bridgehead atoms. The van der Waals surface area contributed by atoms with Crippen molar-refractivity contribution in [3.8, 4) is 11.6 Å². The van der Waals surface area contributed by atoms with Crippen molar-refractivity contribution in [2.75, 3.05) is 0 Å². The summed E-state index contributed by atoms with van der Waals surface area (Å²) < 4.78 is 5.79. The first kappa shape index (κ1) is 16.9. The van der Waals surface area contributed by atoms with Gasteiger partial charge in [-0.05, 0) is 49.9 Å². The molecular formula is C21H21N5O2. The minimum absolute atomic E-state index is 0.0749. The first-order chi connectivity index (χ1) is 13.8. The zero-order chi connectivity index (χ0) is 18.9. The summed E-state index contributed by atoms with van der Waals surface area (Å²) in [6, 6.07) is 13.6. The molecule has 2 saturated heterocycles. The SMILES string of the molecule is O=C(c1cccc(Oc2ccccn2)c1)N1C2CCC1CC(n1nccn1)C2. The number of piperidine rings is 1. The minimum Gasteiger partial charge on any atom is -0.439 e. The summed E-state index contributed by atoms with van der Waals surface area (Å²) in [5.74, 6) is 1.21. The Hall–Kier alpha value is -3.22. The van der Waals surface area contributed by atoms with Gasteiger partial charge < -0.3 is 9.64 Å². The second-order valence-electron chi connectivity index (χ2n) is 7.37. The quantitative estimate of drug-likeness (QED) is 0.698. The van der Waals surface area contributed by atoms with Crippen LogP contribution in [-0.4, -0.2) is 42.9 Å². The number of hydrogen-bond acceptors (Lipinski definition) is 5. The first-order valence-corrected chi connectivity index (χ1v) is 9.65. The van der Waals surface area contributed by atoms with Gasteiger partial charge in [0.05, 0.1) is 18.4 Å². The van der Waals surface area contributed by atoms with Crippen LogP contribution in [0, 0.1) is 0 Å². The topological polar surface area (TPSA) is 73.1 Å². The molecule has 7 heteroatoms. The summed E-state index contributed by atoms with van der Waals surface area (Å²) in [5, 5.41) is 8.59. The zero-order valence-electron chi connectivity index (χ0n) is 15.4. The van der Waals surface area contributed by atoms with Gasteiger partial charge in [0, 0.05) is 29.9 Å². The number of pyridine rings is 1. The molecule has 4 heterocycles. The highest BCUT2D eigenvalue weighted by Gasteiger charge is 2.44. The Labute approximate surface area is 163 Å². The van der Waals surface area contributed by atoms with Crippen molar-refractivity contribution in [2.24, 2.45) is 0 Å². The van der Waals surface area contributed by atoms with Crippen molar-refractivity contribution >= 4 is 5.91 Å². The maximum Gasteiger partial charge on any atom is 0.254 e. The lowest BCUT2D eigenvalue weighted by Crippen LogP contribution is -2.47. The molecule has 0 saturated carbocycles. The third kappa shape index (κ3) is 3.13. The molecular weight excluding hydrogens is 354 g/mol. The van der Waals surface area contributed by atoms with E-state index >= 15 is 0 Å². The molecule has 2 unspecified atom stereocenters. The lowest BCUT2D eigenvalue weighted by molar-refractivity contribution is 0.0512. The molecule has 2 atom stereocenters. The molecule has 1 amide bonds. The van der Waals surface area contributed by atoms with Crippen LogP contribution in [0.2, 0.25) is 0 Å². The van der Waals surface area contributed by atoms with Crippen LogP contribution in [0.3, 0.4) is 0 Å². The van der Waals surface area contributed by atoms with Gasteiger partial charge in [-0.3, -0.25) is 4.79 Å². The fourth-order valence-electron chi connectivity index (χ4n) is 4.45. The number of amides is 1. The van der Waals surface area contributed by atoms with Crippen LogP contribution in [0.15, 0.2) is 61.1 Å². The summed E-state index contributed by atoms with van der Waals surface area (Å²) in [6.45, 7) is 0. The largest absolute Gasteiger partial charge is 0.439 e. The van der Waals surface area contributed by atoms with Crippen molar-refractivity contribution in [1.29, 1.82) is 0 Å². The van der Waals surface area contributed by atoms with E-state index in [0.717, 1.165) is 25.7 Å². The summed E-state index contributed by atoms with van der Waals surface area (Å²) in [4.78, 5) is 21.3. The molecule has 2 aliphatic heterocycles. The standard InChI is InChI=1S/C21H21N5O2/c27-21(15-4-3-5-19(12-15)28-20-6-1-2-9-22-20)25-16-7-8-17(25)14-18(13-16)26-23-10-11-24-26/h1-6,9-12,16-18H,7-8,13-14H2. The van der Waals surface area contributed by atoms with Crippen LogP contribution in [0.4, 0.5) is 0 Å². The molecule has 0 radical (unpaired) electrons. The Morgan fingerprint density at radius 2 is 1.71 bits per heavy atom. The maximum absolute atomic E-state index is 13.3. The van der Waals surface area contributed by atoms with E-state index in [1.807, 2.05) is 30.3 Å². The Balaban J connectivity index is 1.34. The molecule has 1 aromatic carbocycles. The lowest BCUT2D eigenvalue weighted by Gasteiger charge is -2.38. The maximum atomic E-state index is 13.3. The number of rotatable bonds is 4. The second-order valence-corrected chi connectivity index (χ2v) is 7.37. The van der Waals surface area contributed by atoms with Gasteiger partial charge in [0.25, 0.3) is 5.91 Å². The van der Waals surface area contributed by atoms with Gasteiger partial charge in [-0.25, -0.2) is 4.98 Å². The first-order valence-electron chi connectivity index (χ1n) is 9.65. The molecule has 142 valence electrons. The molecule has 2 fully saturated rings. The predicted molar refractivity (Wildman–Crippen MR) is 102 cm³/mol. The molecule has 0 N–H and O–H groups in total. The normalized spacial score (nSPS) is 23.6. The summed E-state index contributed by atoms with van der Waals surface area (Å²) >= 11 is 0. The number of nitrogens with zero attached hydrogens (tertiary/aromatic N) is 5. The van der Waals surface area contributed by atoms with Crippen LogP contribution >= 0.6 is 0 Å². The second kappa shape index (κ2) is 7.07. The molecule has 0 aliphatic carbocycles. The van der Waals surface area contributed by atoms with E-state index in [1.165, 1.54) is 0 Å². The predicted octanol–water partition coefficient (Wildman–Crippen LogP) is 3.47.